The first kappa shape index (κ1) is 36.2. The average Bonchev–Trinajstić information content (AvgIpc) is 3.74. The molecule has 3 aromatic heterocycles. The molecular weight excluding hydrogens is 763 g/mol. The van der Waals surface area contributed by atoms with Gasteiger partial charge in [-0.05, 0) is 46.5 Å². The summed E-state index contributed by atoms with van der Waals surface area (Å²) >= 11 is 1.83. The maximum atomic E-state index is 5.14. The molecule has 0 unspecified atom stereocenters. The Morgan fingerprint density at radius 1 is 0.279 bits per heavy atom. The minimum Gasteiger partial charge on any atom is -0.228 e. The van der Waals surface area contributed by atoms with E-state index in [1.165, 1.54) is 20.2 Å². The Hall–Kier alpha value is -7.93. The van der Waals surface area contributed by atoms with E-state index < -0.39 is 0 Å². The molecule has 11 aromatic rings. The first-order valence-corrected chi connectivity index (χ1v) is 21.1. The molecule has 0 amide bonds. The van der Waals surface area contributed by atoms with Crippen LogP contribution in [-0.4, -0.2) is 24.9 Å². The summed E-state index contributed by atoms with van der Waals surface area (Å²) in [5.41, 5.74) is 12.2. The van der Waals surface area contributed by atoms with E-state index in [4.69, 9.17) is 24.9 Å². The van der Waals surface area contributed by atoms with Gasteiger partial charge in [0.15, 0.2) is 23.3 Å². The van der Waals surface area contributed by atoms with Crippen molar-refractivity contribution in [3.63, 3.8) is 0 Å². The Bertz CT molecular complexity index is 3230. The predicted octanol–water partition coefficient (Wildman–Crippen LogP) is 14.4. The molecule has 0 radical (unpaired) electrons. The first-order chi connectivity index (χ1) is 30.2. The van der Waals surface area contributed by atoms with E-state index in [0.29, 0.717) is 23.3 Å². The van der Waals surface area contributed by atoms with Crippen molar-refractivity contribution in [3.8, 4) is 90.3 Å². The summed E-state index contributed by atoms with van der Waals surface area (Å²) in [6.07, 6.45) is 0. The highest BCUT2D eigenvalue weighted by molar-refractivity contribution is 7.26. The summed E-state index contributed by atoms with van der Waals surface area (Å²) in [6.45, 7) is 0. The molecule has 8 aromatic carbocycles. The fraction of sp³-hybridized carbons (Fsp3) is 0. The van der Waals surface area contributed by atoms with Gasteiger partial charge in [-0.25, -0.2) is 24.9 Å². The van der Waals surface area contributed by atoms with Crippen molar-refractivity contribution in [1.29, 1.82) is 0 Å². The lowest BCUT2D eigenvalue weighted by molar-refractivity contribution is 1.07. The first-order valence-electron chi connectivity index (χ1n) is 20.2. The molecule has 0 aliphatic rings. The maximum absolute atomic E-state index is 5.14. The van der Waals surface area contributed by atoms with Gasteiger partial charge in [-0.3, -0.25) is 0 Å². The van der Waals surface area contributed by atoms with Crippen molar-refractivity contribution >= 4 is 31.5 Å². The van der Waals surface area contributed by atoms with Crippen LogP contribution in [-0.2, 0) is 0 Å². The van der Waals surface area contributed by atoms with Crippen LogP contribution in [0.25, 0.3) is 110 Å². The lowest BCUT2D eigenvalue weighted by atomic mass is 9.93. The van der Waals surface area contributed by atoms with E-state index in [1.54, 1.807) is 0 Å². The van der Waals surface area contributed by atoms with Crippen LogP contribution in [0.5, 0.6) is 0 Å². The molecule has 0 N–H and O–H groups in total. The van der Waals surface area contributed by atoms with Crippen LogP contribution < -0.4 is 0 Å². The lowest BCUT2D eigenvalue weighted by Crippen LogP contribution is -2.00. The molecule has 0 atom stereocenters. The topological polar surface area (TPSA) is 64.5 Å². The highest BCUT2D eigenvalue weighted by Gasteiger charge is 2.19. The zero-order chi connectivity index (χ0) is 40.5. The molecule has 0 fully saturated rings. The minimum absolute atomic E-state index is 0.628. The van der Waals surface area contributed by atoms with E-state index in [0.717, 1.165) is 67.0 Å². The number of hydrogen-bond acceptors (Lipinski definition) is 6. The van der Waals surface area contributed by atoms with Crippen LogP contribution in [0.15, 0.2) is 212 Å². The molecule has 0 saturated carbocycles. The number of hydrogen-bond donors (Lipinski definition) is 0. The zero-order valence-electron chi connectivity index (χ0n) is 32.9. The highest BCUT2D eigenvalue weighted by atomic mass is 32.1. The van der Waals surface area contributed by atoms with E-state index >= 15 is 0 Å². The van der Waals surface area contributed by atoms with Crippen LogP contribution in [0.2, 0.25) is 0 Å². The predicted molar refractivity (Wildman–Crippen MR) is 252 cm³/mol. The summed E-state index contributed by atoms with van der Waals surface area (Å²) in [5, 5.41) is 2.45. The van der Waals surface area contributed by atoms with Gasteiger partial charge in [-0.1, -0.05) is 188 Å². The Kier molecular flexibility index (Phi) is 9.30. The van der Waals surface area contributed by atoms with Crippen molar-refractivity contribution in [2.24, 2.45) is 0 Å². The third kappa shape index (κ3) is 7.05. The molecule has 61 heavy (non-hydrogen) atoms. The summed E-state index contributed by atoms with van der Waals surface area (Å²) in [4.78, 5) is 25.3. The largest absolute Gasteiger partial charge is 0.228 e. The van der Waals surface area contributed by atoms with E-state index in [2.05, 4.69) is 115 Å². The van der Waals surface area contributed by atoms with E-state index in [-0.39, 0.29) is 0 Å². The number of thiophene rings is 1. The molecule has 6 heteroatoms. The van der Waals surface area contributed by atoms with Gasteiger partial charge in [0.25, 0.3) is 0 Å². The fourth-order valence-corrected chi connectivity index (χ4v) is 9.24. The SMILES string of the molecule is c1ccc(-c2cc(-c3ccccc3)nc(-c3cccc(-c4ccc(-c5cccc(-c6nc(-c7ccccc7)nc(-c7ccccc7)n6)c5)c5c4sc4ccccc45)c3)n2)cc1. The quantitative estimate of drug-likeness (QED) is 0.153. The standard InChI is InChI=1S/C55H35N5S/c1-5-17-36(18-6-1)47-35-48(37-19-7-2-8-20-37)57-54(56-47)42-27-16-26-41(34-42)45-32-31-44(50-46-29-13-14-30-49(46)61-51(45)50)40-25-15-28-43(33-40)55-59-52(38-21-9-3-10-22-38)58-53(60-55)39-23-11-4-12-24-39/h1-35H. The number of rotatable bonds is 8. The number of aromatic nitrogens is 5. The third-order valence-electron chi connectivity index (χ3n) is 11.0. The third-order valence-corrected chi connectivity index (χ3v) is 12.2. The van der Waals surface area contributed by atoms with Gasteiger partial charge in [0, 0.05) is 53.6 Å². The molecule has 0 saturated heterocycles. The summed E-state index contributed by atoms with van der Waals surface area (Å²) < 4.78 is 2.46. The zero-order valence-corrected chi connectivity index (χ0v) is 33.7. The van der Waals surface area contributed by atoms with E-state index in [1.807, 2.05) is 108 Å². The number of fused-ring (bicyclic) bond motifs is 3. The van der Waals surface area contributed by atoms with Crippen LogP contribution in [0, 0.1) is 0 Å². The van der Waals surface area contributed by atoms with Crippen molar-refractivity contribution < 1.29 is 0 Å². The molecule has 0 bridgehead atoms. The van der Waals surface area contributed by atoms with Crippen LogP contribution in [0.4, 0.5) is 0 Å². The Morgan fingerprint density at radius 2 is 0.672 bits per heavy atom. The Morgan fingerprint density at radius 3 is 1.21 bits per heavy atom. The number of nitrogens with zero attached hydrogens (tertiary/aromatic N) is 5. The second-order valence-corrected chi connectivity index (χ2v) is 15.9. The fourth-order valence-electron chi connectivity index (χ4n) is 7.98. The van der Waals surface area contributed by atoms with Crippen LogP contribution in [0.1, 0.15) is 0 Å². The van der Waals surface area contributed by atoms with Gasteiger partial charge < -0.3 is 0 Å². The molecule has 3 heterocycles. The Balaban J connectivity index is 1.04. The number of benzene rings is 8. The van der Waals surface area contributed by atoms with Gasteiger partial charge >= 0.3 is 0 Å². The monoisotopic (exact) mass is 797 g/mol. The maximum Gasteiger partial charge on any atom is 0.164 e. The Labute approximate surface area is 357 Å². The molecule has 5 nitrogen and oxygen atoms in total. The normalized spacial score (nSPS) is 11.3. The van der Waals surface area contributed by atoms with Gasteiger partial charge in [0.05, 0.1) is 11.4 Å². The summed E-state index contributed by atoms with van der Waals surface area (Å²) in [5.74, 6) is 2.60. The van der Waals surface area contributed by atoms with Gasteiger partial charge in [-0.2, -0.15) is 0 Å². The summed E-state index contributed by atoms with van der Waals surface area (Å²) in [6, 6.07) is 73.4. The minimum atomic E-state index is 0.628. The molecule has 11 rings (SSSR count). The average molecular weight is 798 g/mol. The van der Waals surface area contributed by atoms with Crippen LogP contribution in [0.3, 0.4) is 0 Å². The second kappa shape index (κ2) is 15.7. The molecule has 0 aliphatic carbocycles. The molecule has 0 aliphatic heterocycles. The van der Waals surface area contributed by atoms with Gasteiger partial charge in [0.1, 0.15) is 0 Å². The van der Waals surface area contributed by atoms with E-state index in [9.17, 15) is 0 Å². The molecule has 286 valence electrons. The van der Waals surface area contributed by atoms with Gasteiger partial charge in [-0.15, -0.1) is 11.3 Å². The lowest BCUT2D eigenvalue weighted by Gasteiger charge is -2.13. The molecular formula is C55H35N5S. The molecule has 0 spiro atoms. The van der Waals surface area contributed by atoms with Crippen molar-refractivity contribution in [2.45, 2.75) is 0 Å². The van der Waals surface area contributed by atoms with Crippen molar-refractivity contribution in [3.05, 3.63) is 212 Å². The van der Waals surface area contributed by atoms with Gasteiger partial charge in [0.2, 0.25) is 0 Å². The van der Waals surface area contributed by atoms with Crippen molar-refractivity contribution in [1.82, 2.24) is 24.9 Å². The highest BCUT2D eigenvalue weighted by Crippen LogP contribution is 2.45. The summed E-state index contributed by atoms with van der Waals surface area (Å²) in [7, 11) is 0. The second-order valence-electron chi connectivity index (χ2n) is 14.9. The smallest absolute Gasteiger partial charge is 0.164 e. The van der Waals surface area contributed by atoms with Crippen molar-refractivity contribution in [2.75, 3.05) is 0 Å². The van der Waals surface area contributed by atoms with Crippen LogP contribution >= 0.6 is 11.3 Å².